The summed E-state index contributed by atoms with van der Waals surface area (Å²) in [6.45, 7) is 5.69. The van der Waals surface area contributed by atoms with Crippen molar-refractivity contribution in [3.8, 4) is 34.7 Å². The Labute approximate surface area is 241 Å². The van der Waals surface area contributed by atoms with E-state index >= 15 is 0 Å². The summed E-state index contributed by atoms with van der Waals surface area (Å²) in [5, 5.41) is 11.1. The van der Waals surface area contributed by atoms with Crippen molar-refractivity contribution in [2.75, 3.05) is 11.1 Å². The van der Waals surface area contributed by atoms with E-state index in [4.69, 9.17) is 5.73 Å². The molecule has 0 saturated carbocycles. The SMILES string of the molecule is CCC(=O)Nc1cc(-n2cccn2)nc(-c2ncccc2C)n1.Cc1cccnc1-c1nc(N)cc(-n2cccn2)n1. The van der Waals surface area contributed by atoms with Gasteiger partial charge in [-0.3, -0.25) is 14.8 Å². The van der Waals surface area contributed by atoms with E-state index in [0.717, 1.165) is 16.8 Å². The van der Waals surface area contributed by atoms with Crippen LogP contribution >= 0.6 is 0 Å². The summed E-state index contributed by atoms with van der Waals surface area (Å²) >= 11 is 0. The fourth-order valence-electron chi connectivity index (χ4n) is 3.88. The molecular weight excluding hydrogens is 532 g/mol. The van der Waals surface area contributed by atoms with Crippen LogP contribution in [0.15, 0.2) is 85.7 Å². The van der Waals surface area contributed by atoms with Gasteiger partial charge in [-0.2, -0.15) is 10.2 Å². The first-order valence-electron chi connectivity index (χ1n) is 13.1. The number of carbonyl (C=O) groups is 1. The Balaban J connectivity index is 0.000000171. The molecule has 210 valence electrons. The van der Waals surface area contributed by atoms with Gasteiger partial charge in [0.15, 0.2) is 23.3 Å². The molecule has 13 heteroatoms. The van der Waals surface area contributed by atoms with Crippen LogP contribution in [0.5, 0.6) is 0 Å². The second-order valence-electron chi connectivity index (χ2n) is 9.05. The molecule has 6 aromatic rings. The molecule has 0 aliphatic heterocycles. The first-order chi connectivity index (χ1) is 20.4. The summed E-state index contributed by atoms with van der Waals surface area (Å²) < 4.78 is 3.25. The third kappa shape index (κ3) is 6.47. The standard InChI is InChI=1S/C16H16N6O.C13H12N6/c1-3-14(23)19-12-10-13(22-9-5-8-18-22)21-16(20-12)15-11(2)6-4-7-17-15;1-9-4-2-5-15-12(9)13-17-10(14)8-11(18-13)19-7-3-6-16-19/h4-10H,3H2,1-2H3,(H,19,20,21,23);2-8H,1H3,(H2,14,17,18). The van der Waals surface area contributed by atoms with E-state index in [1.54, 1.807) is 71.7 Å². The van der Waals surface area contributed by atoms with Crippen molar-refractivity contribution < 1.29 is 4.79 Å². The highest BCUT2D eigenvalue weighted by molar-refractivity contribution is 5.89. The molecule has 0 aliphatic carbocycles. The van der Waals surface area contributed by atoms with Gasteiger partial charge in [0.05, 0.1) is 0 Å². The predicted molar refractivity (Wildman–Crippen MR) is 158 cm³/mol. The van der Waals surface area contributed by atoms with Crippen LogP contribution in [-0.4, -0.2) is 55.4 Å². The molecule has 3 N–H and O–H groups in total. The molecule has 6 heterocycles. The quantitative estimate of drug-likeness (QED) is 0.304. The molecule has 0 aliphatic rings. The van der Waals surface area contributed by atoms with Gasteiger partial charge in [0, 0.05) is 55.7 Å². The van der Waals surface area contributed by atoms with Gasteiger partial charge in [-0.25, -0.2) is 29.3 Å². The summed E-state index contributed by atoms with van der Waals surface area (Å²) in [4.78, 5) is 38.0. The smallest absolute Gasteiger partial charge is 0.225 e. The van der Waals surface area contributed by atoms with Crippen molar-refractivity contribution in [2.45, 2.75) is 27.2 Å². The van der Waals surface area contributed by atoms with Gasteiger partial charge in [-0.1, -0.05) is 19.1 Å². The molecule has 6 rings (SSSR count). The van der Waals surface area contributed by atoms with Crippen LogP contribution in [0, 0.1) is 13.8 Å². The predicted octanol–water partition coefficient (Wildman–Crippen LogP) is 4.00. The lowest BCUT2D eigenvalue weighted by Gasteiger charge is -2.10. The zero-order valence-electron chi connectivity index (χ0n) is 23.2. The summed E-state index contributed by atoms with van der Waals surface area (Å²) in [5.74, 6) is 2.84. The monoisotopic (exact) mass is 560 g/mol. The summed E-state index contributed by atoms with van der Waals surface area (Å²) in [6, 6.07) is 14.6. The number of nitrogens with one attached hydrogen (secondary N) is 1. The fourth-order valence-corrected chi connectivity index (χ4v) is 3.88. The lowest BCUT2D eigenvalue weighted by Crippen LogP contribution is -2.13. The number of hydrogen-bond acceptors (Lipinski definition) is 10. The number of carbonyl (C=O) groups excluding carboxylic acids is 1. The first kappa shape index (κ1) is 27.7. The molecule has 0 atom stereocenters. The highest BCUT2D eigenvalue weighted by atomic mass is 16.1. The molecule has 13 nitrogen and oxygen atoms in total. The summed E-state index contributed by atoms with van der Waals surface area (Å²) in [5.41, 5.74) is 9.19. The maximum atomic E-state index is 11.7. The van der Waals surface area contributed by atoms with Crippen LogP contribution in [0.25, 0.3) is 34.7 Å². The zero-order chi connectivity index (χ0) is 29.5. The second-order valence-corrected chi connectivity index (χ2v) is 9.05. The molecular formula is C29H28N12O. The van der Waals surface area contributed by atoms with Gasteiger partial charge in [0.2, 0.25) is 5.91 Å². The lowest BCUT2D eigenvalue weighted by atomic mass is 10.2. The van der Waals surface area contributed by atoms with Crippen LogP contribution in [-0.2, 0) is 4.79 Å². The van der Waals surface area contributed by atoms with E-state index < -0.39 is 0 Å². The van der Waals surface area contributed by atoms with E-state index in [0.29, 0.717) is 47.0 Å². The minimum Gasteiger partial charge on any atom is -0.384 e. The van der Waals surface area contributed by atoms with Gasteiger partial charge in [-0.05, 0) is 49.2 Å². The number of amides is 1. The molecule has 1 amide bonds. The van der Waals surface area contributed by atoms with Crippen molar-refractivity contribution in [3.63, 3.8) is 0 Å². The molecule has 0 aromatic carbocycles. The topological polar surface area (TPSA) is 168 Å². The number of nitrogens with two attached hydrogens (primary N) is 1. The van der Waals surface area contributed by atoms with Gasteiger partial charge >= 0.3 is 0 Å². The normalized spacial score (nSPS) is 10.5. The van der Waals surface area contributed by atoms with Crippen LogP contribution in [0.1, 0.15) is 24.5 Å². The van der Waals surface area contributed by atoms with Crippen molar-refractivity contribution in [1.29, 1.82) is 0 Å². The maximum Gasteiger partial charge on any atom is 0.225 e. The molecule has 0 unspecified atom stereocenters. The fraction of sp³-hybridized carbons (Fsp3) is 0.138. The Kier molecular flexibility index (Phi) is 8.28. The number of anilines is 2. The Morgan fingerprint density at radius 3 is 1.81 bits per heavy atom. The number of hydrogen-bond donors (Lipinski definition) is 2. The molecule has 0 bridgehead atoms. The number of nitrogens with zero attached hydrogens (tertiary/aromatic N) is 10. The lowest BCUT2D eigenvalue weighted by molar-refractivity contribution is -0.115. The number of aromatic nitrogens is 10. The van der Waals surface area contributed by atoms with Gasteiger partial charge in [0.1, 0.15) is 23.0 Å². The van der Waals surface area contributed by atoms with Crippen molar-refractivity contribution in [2.24, 2.45) is 0 Å². The average Bonchev–Trinajstić information content (AvgIpc) is 3.73. The Bertz CT molecular complexity index is 1800. The van der Waals surface area contributed by atoms with E-state index in [1.807, 2.05) is 44.2 Å². The highest BCUT2D eigenvalue weighted by Crippen LogP contribution is 2.21. The molecule has 0 radical (unpaired) electrons. The number of pyridine rings is 2. The third-order valence-corrected chi connectivity index (χ3v) is 5.95. The number of aryl methyl sites for hydroxylation is 2. The average molecular weight is 561 g/mol. The second kappa shape index (κ2) is 12.6. The minimum absolute atomic E-state index is 0.112. The zero-order valence-corrected chi connectivity index (χ0v) is 23.2. The first-order valence-corrected chi connectivity index (χ1v) is 13.1. The van der Waals surface area contributed by atoms with Gasteiger partial charge in [0.25, 0.3) is 0 Å². The summed E-state index contributed by atoms with van der Waals surface area (Å²) in [7, 11) is 0. The maximum absolute atomic E-state index is 11.7. The number of nitrogen functional groups attached to an aromatic ring is 1. The number of rotatable bonds is 6. The Morgan fingerprint density at radius 1 is 0.762 bits per heavy atom. The Morgan fingerprint density at radius 2 is 1.31 bits per heavy atom. The van der Waals surface area contributed by atoms with Crippen molar-refractivity contribution in [1.82, 2.24) is 49.5 Å². The molecule has 0 fully saturated rings. The third-order valence-electron chi connectivity index (χ3n) is 5.95. The van der Waals surface area contributed by atoms with Crippen molar-refractivity contribution in [3.05, 3.63) is 96.8 Å². The van der Waals surface area contributed by atoms with E-state index in [9.17, 15) is 4.79 Å². The highest BCUT2D eigenvalue weighted by Gasteiger charge is 2.13. The van der Waals surface area contributed by atoms with E-state index in [2.05, 4.69) is 45.4 Å². The van der Waals surface area contributed by atoms with Crippen LogP contribution < -0.4 is 11.1 Å². The van der Waals surface area contributed by atoms with Gasteiger partial charge < -0.3 is 11.1 Å². The van der Waals surface area contributed by atoms with Crippen LogP contribution in [0.3, 0.4) is 0 Å². The molecule has 42 heavy (non-hydrogen) atoms. The Hall–Kier alpha value is -5.85. The van der Waals surface area contributed by atoms with Gasteiger partial charge in [-0.15, -0.1) is 0 Å². The van der Waals surface area contributed by atoms with E-state index in [1.165, 1.54) is 0 Å². The minimum atomic E-state index is -0.112. The largest absolute Gasteiger partial charge is 0.384 e. The van der Waals surface area contributed by atoms with E-state index in [-0.39, 0.29) is 5.91 Å². The molecule has 0 spiro atoms. The van der Waals surface area contributed by atoms with Crippen LogP contribution in [0.4, 0.5) is 11.6 Å². The summed E-state index contributed by atoms with van der Waals surface area (Å²) in [6.07, 6.45) is 10.7. The molecule has 0 saturated heterocycles. The van der Waals surface area contributed by atoms with Crippen molar-refractivity contribution >= 4 is 17.5 Å². The molecule has 6 aromatic heterocycles. The van der Waals surface area contributed by atoms with Crippen LogP contribution in [0.2, 0.25) is 0 Å².